The molecule has 0 bridgehead atoms. The van der Waals surface area contributed by atoms with E-state index in [9.17, 15) is 4.79 Å². The Hall–Kier alpha value is -1.73. The zero-order chi connectivity index (χ0) is 18.1. The van der Waals surface area contributed by atoms with Crippen LogP contribution in [0.5, 0.6) is 0 Å². The Kier molecular flexibility index (Phi) is 5.09. The van der Waals surface area contributed by atoms with Crippen LogP contribution in [0.3, 0.4) is 0 Å². The molecule has 26 heavy (non-hydrogen) atoms. The van der Waals surface area contributed by atoms with E-state index in [-0.39, 0.29) is 5.91 Å². The molecule has 140 valence electrons. The molecule has 1 saturated carbocycles. The van der Waals surface area contributed by atoms with Gasteiger partial charge in [-0.3, -0.25) is 14.4 Å². The summed E-state index contributed by atoms with van der Waals surface area (Å²) in [7, 11) is 0. The molecular formula is C19H27N5OS. The lowest BCUT2D eigenvalue weighted by Gasteiger charge is -2.29. The van der Waals surface area contributed by atoms with Crippen LogP contribution in [0.25, 0.3) is 0 Å². The van der Waals surface area contributed by atoms with Crippen molar-refractivity contribution < 1.29 is 4.79 Å². The molecule has 1 N–H and O–H groups in total. The largest absolute Gasteiger partial charge is 0.344 e. The number of fused-ring (bicyclic) bond motifs is 1. The number of nitrogens with zero attached hydrogens (tertiary/aromatic N) is 4. The lowest BCUT2D eigenvalue weighted by atomic mass is 10.0. The van der Waals surface area contributed by atoms with Gasteiger partial charge in [-0.15, -0.1) is 11.3 Å². The maximum absolute atomic E-state index is 12.8. The number of hydrogen-bond donors (Lipinski definition) is 1. The summed E-state index contributed by atoms with van der Waals surface area (Å²) in [6.07, 6.45) is 5.34. The average molecular weight is 374 g/mol. The Morgan fingerprint density at radius 2 is 2.27 bits per heavy atom. The lowest BCUT2D eigenvalue weighted by molar-refractivity contribution is 0.0942. The summed E-state index contributed by atoms with van der Waals surface area (Å²) in [5.74, 6) is 1.30. The topological polar surface area (TPSA) is 63.1 Å². The van der Waals surface area contributed by atoms with E-state index in [0.717, 1.165) is 49.1 Å². The van der Waals surface area contributed by atoms with Gasteiger partial charge in [0.05, 0.1) is 6.54 Å². The van der Waals surface area contributed by atoms with Gasteiger partial charge in [0.25, 0.3) is 5.91 Å². The zero-order valence-electron chi connectivity index (χ0n) is 15.6. The van der Waals surface area contributed by atoms with Gasteiger partial charge in [0.15, 0.2) is 5.69 Å². The molecule has 0 atom stereocenters. The van der Waals surface area contributed by atoms with Gasteiger partial charge >= 0.3 is 0 Å². The molecule has 0 radical (unpaired) electrons. The summed E-state index contributed by atoms with van der Waals surface area (Å²) in [5, 5.41) is 10.6. The van der Waals surface area contributed by atoms with Crippen molar-refractivity contribution in [3.63, 3.8) is 0 Å². The molecule has 7 heteroatoms. The van der Waals surface area contributed by atoms with E-state index >= 15 is 0 Å². The quantitative estimate of drug-likeness (QED) is 0.810. The van der Waals surface area contributed by atoms with Crippen LogP contribution in [0.2, 0.25) is 0 Å². The van der Waals surface area contributed by atoms with Gasteiger partial charge in [0.1, 0.15) is 5.01 Å². The Labute approximate surface area is 158 Å². The molecule has 4 rings (SSSR count). The molecule has 1 amide bonds. The van der Waals surface area contributed by atoms with Crippen LogP contribution < -0.4 is 5.32 Å². The molecule has 1 aliphatic heterocycles. The fraction of sp³-hybridized carbons (Fsp3) is 0.632. The smallest absolute Gasteiger partial charge is 0.272 e. The van der Waals surface area contributed by atoms with Crippen LogP contribution in [-0.4, -0.2) is 38.7 Å². The third kappa shape index (κ3) is 3.99. The molecule has 0 spiro atoms. The van der Waals surface area contributed by atoms with Gasteiger partial charge in [-0.2, -0.15) is 5.10 Å². The first-order valence-corrected chi connectivity index (χ1v) is 10.5. The second-order valence-corrected chi connectivity index (χ2v) is 8.87. The van der Waals surface area contributed by atoms with E-state index in [1.165, 1.54) is 18.5 Å². The number of rotatable bonds is 7. The van der Waals surface area contributed by atoms with Gasteiger partial charge in [-0.1, -0.05) is 13.8 Å². The molecule has 0 aromatic carbocycles. The summed E-state index contributed by atoms with van der Waals surface area (Å²) in [6.45, 7) is 8.87. The van der Waals surface area contributed by atoms with E-state index in [4.69, 9.17) is 5.10 Å². The first kappa shape index (κ1) is 17.7. The zero-order valence-corrected chi connectivity index (χ0v) is 16.4. The minimum atomic E-state index is -0.0719. The minimum Gasteiger partial charge on any atom is -0.344 e. The van der Waals surface area contributed by atoms with E-state index in [1.54, 1.807) is 17.5 Å². The Morgan fingerprint density at radius 1 is 1.42 bits per heavy atom. The van der Waals surface area contributed by atoms with Gasteiger partial charge < -0.3 is 5.32 Å². The van der Waals surface area contributed by atoms with Gasteiger partial charge in [-0.25, -0.2) is 4.98 Å². The van der Waals surface area contributed by atoms with Gasteiger partial charge in [0, 0.05) is 55.4 Å². The van der Waals surface area contributed by atoms with Crippen molar-refractivity contribution >= 4 is 17.2 Å². The Balaban J connectivity index is 1.54. The van der Waals surface area contributed by atoms with Crippen molar-refractivity contribution in [3.05, 3.63) is 33.5 Å². The van der Waals surface area contributed by atoms with Crippen molar-refractivity contribution in [2.45, 2.75) is 52.7 Å². The fourth-order valence-corrected chi connectivity index (χ4v) is 4.23. The Morgan fingerprint density at radius 3 is 2.96 bits per heavy atom. The van der Waals surface area contributed by atoms with Crippen molar-refractivity contribution in [2.24, 2.45) is 11.8 Å². The van der Waals surface area contributed by atoms with Crippen LogP contribution in [0.15, 0.2) is 11.6 Å². The monoisotopic (exact) mass is 373 g/mol. The van der Waals surface area contributed by atoms with Crippen LogP contribution in [0, 0.1) is 11.8 Å². The highest BCUT2D eigenvalue weighted by Crippen LogP contribution is 2.32. The van der Waals surface area contributed by atoms with Crippen LogP contribution >= 0.6 is 11.3 Å². The number of nitrogens with one attached hydrogen (secondary N) is 1. The highest BCUT2D eigenvalue weighted by atomic mass is 32.1. The fourth-order valence-electron chi connectivity index (χ4n) is 3.68. The number of carbonyl (C=O) groups is 1. The van der Waals surface area contributed by atoms with Crippen LogP contribution in [-0.2, 0) is 26.1 Å². The number of hydrogen-bond acceptors (Lipinski definition) is 5. The standard InChI is InChI=1S/C19H27N5OS/c1-13(2)10-23-7-5-16-15(12-23)18(22-24(16)11-14-3-4-14)19(25)21-9-17-20-6-8-26-17/h6,8,13-14H,3-5,7,9-12H2,1-2H3,(H,21,25). The SMILES string of the molecule is CC(C)CN1CCc2c(c(C(=O)NCc3nccs3)nn2CC2CC2)C1. The summed E-state index contributed by atoms with van der Waals surface area (Å²) < 4.78 is 2.12. The molecule has 0 saturated heterocycles. The van der Waals surface area contributed by atoms with Crippen LogP contribution in [0.1, 0.15) is 53.4 Å². The third-order valence-corrected chi connectivity index (χ3v) is 5.84. The maximum atomic E-state index is 12.8. The summed E-state index contributed by atoms with van der Waals surface area (Å²) in [6, 6.07) is 0. The molecule has 2 aromatic rings. The molecule has 1 aliphatic carbocycles. The summed E-state index contributed by atoms with van der Waals surface area (Å²) in [4.78, 5) is 19.5. The van der Waals surface area contributed by atoms with Gasteiger partial charge in [-0.05, 0) is 24.7 Å². The maximum Gasteiger partial charge on any atom is 0.272 e. The molecule has 2 aliphatic rings. The summed E-state index contributed by atoms with van der Waals surface area (Å²) in [5.41, 5.74) is 3.02. The van der Waals surface area contributed by atoms with Crippen molar-refractivity contribution in [1.29, 1.82) is 0 Å². The second-order valence-electron chi connectivity index (χ2n) is 7.89. The number of carbonyl (C=O) groups excluding carboxylic acids is 1. The molecule has 1 fully saturated rings. The van der Waals surface area contributed by atoms with Crippen molar-refractivity contribution in [3.8, 4) is 0 Å². The highest BCUT2D eigenvalue weighted by molar-refractivity contribution is 7.09. The normalized spacial score (nSPS) is 17.5. The minimum absolute atomic E-state index is 0.0719. The summed E-state index contributed by atoms with van der Waals surface area (Å²) >= 11 is 1.56. The van der Waals surface area contributed by atoms with E-state index < -0.39 is 0 Å². The van der Waals surface area contributed by atoms with E-state index in [2.05, 4.69) is 33.7 Å². The van der Waals surface area contributed by atoms with Crippen LogP contribution in [0.4, 0.5) is 0 Å². The number of aromatic nitrogens is 3. The molecule has 0 unspecified atom stereocenters. The third-order valence-electron chi connectivity index (χ3n) is 5.06. The molecule has 3 heterocycles. The molecule has 6 nitrogen and oxygen atoms in total. The average Bonchev–Trinajstić information content (AvgIpc) is 3.14. The van der Waals surface area contributed by atoms with Crippen molar-refractivity contribution in [1.82, 2.24) is 25.0 Å². The molecular weight excluding hydrogens is 346 g/mol. The van der Waals surface area contributed by atoms with E-state index in [1.807, 2.05) is 5.38 Å². The number of thiazole rings is 1. The highest BCUT2D eigenvalue weighted by Gasteiger charge is 2.31. The van der Waals surface area contributed by atoms with E-state index in [0.29, 0.717) is 18.2 Å². The Bertz CT molecular complexity index is 763. The van der Waals surface area contributed by atoms with Gasteiger partial charge in [0.2, 0.25) is 0 Å². The number of amides is 1. The molecule has 2 aromatic heterocycles. The second kappa shape index (κ2) is 7.48. The lowest BCUT2D eigenvalue weighted by Crippen LogP contribution is -2.35. The predicted molar refractivity (Wildman–Crippen MR) is 102 cm³/mol. The van der Waals surface area contributed by atoms with Crippen molar-refractivity contribution in [2.75, 3.05) is 13.1 Å². The first-order chi connectivity index (χ1) is 12.6. The predicted octanol–water partition coefficient (Wildman–Crippen LogP) is 2.69. The first-order valence-electron chi connectivity index (χ1n) is 9.57.